The first kappa shape index (κ1) is 22.0. The number of nitrogens with zero attached hydrogens (tertiary/aromatic N) is 3. The first-order chi connectivity index (χ1) is 11.7. The first-order valence-electron chi connectivity index (χ1n) is 7.85. The second kappa shape index (κ2) is 10.2. The summed E-state index contributed by atoms with van der Waals surface area (Å²) in [5.41, 5.74) is 0.536. The van der Waals surface area contributed by atoms with Crippen molar-refractivity contribution in [2.45, 2.75) is 12.6 Å². The van der Waals surface area contributed by atoms with Gasteiger partial charge in [-0.2, -0.15) is 0 Å². The number of hydrogen-bond acceptors (Lipinski definition) is 5. The molecule has 1 N–H and O–H groups in total. The number of carbonyl (C=O) groups is 1. The van der Waals surface area contributed by atoms with Crippen molar-refractivity contribution in [3.63, 3.8) is 0 Å². The molecule has 0 aliphatic carbocycles. The molecule has 1 aliphatic heterocycles. The summed E-state index contributed by atoms with van der Waals surface area (Å²) in [5.74, 6) is 0.644. The number of nitrogens with one attached hydrogen (secondary N) is 1. The van der Waals surface area contributed by atoms with E-state index in [9.17, 15) is 9.59 Å². The predicted octanol–water partition coefficient (Wildman–Crippen LogP) is 1.27. The molecule has 9 heteroatoms. The van der Waals surface area contributed by atoms with Crippen LogP contribution in [0.2, 0.25) is 0 Å². The molecule has 1 aromatic carbocycles. The highest BCUT2D eigenvalue weighted by molar-refractivity contribution is 5.85. The van der Waals surface area contributed by atoms with Gasteiger partial charge in [-0.25, -0.2) is 9.78 Å². The van der Waals surface area contributed by atoms with Gasteiger partial charge in [0, 0.05) is 37.6 Å². The molecule has 1 aromatic heterocycles. The second-order valence-corrected chi connectivity index (χ2v) is 5.58. The van der Waals surface area contributed by atoms with Gasteiger partial charge in [0.25, 0.3) is 0 Å². The molecule has 0 radical (unpaired) electrons. The van der Waals surface area contributed by atoms with Crippen LogP contribution in [0.3, 0.4) is 0 Å². The first-order valence-corrected chi connectivity index (χ1v) is 7.85. The lowest BCUT2D eigenvalue weighted by atomic mass is 10.0. The molecule has 26 heavy (non-hydrogen) atoms. The minimum absolute atomic E-state index is 0. The Kier molecular flexibility index (Phi) is 8.57. The molecule has 0 saturated carbocycles. The zero-order valence-electron chi connectivity index (χ0n) is 14.3. The van der Waals surface area contributed by atoms with Gasteiger partial charge in [0.15, 0.2) is 0 Å². The summed E-state index contributed by atoms with van der Waals surface area (Å²) in [4.78, 5) is 30.0. The molecule has 7 nitrogen and oxygen atoms in total. The lowest BCUT2D eigenvalue weighted by Crippen LogP contribution is -2.50. The fourth-order valence-electron chi connectivity index (χ4n) is 2.97. The van der Waals surface area contributed by atoms with E-state index in [0.29, 0.717) is 13.1 Å². The van der Waals surface area contributed by atoms with E-state index in [-0.39, 0.29) is 43.3 Å². The number of carbonyl (C=O) groups excluding carboxylic acids is 1. The Balaban J connectivity index is 0.00000169. The Morgan fingerprint density at radius 1 is 1.31 bits per heavy atom. The molecule has 1 aliphatic rings. The molecule has 1 fully saturated rings. The van der Waals surface area contributed by atoms with Gasteiger partial charge in [0.05, 0.1) is 13.2 Å². The minimum Gasteiger partial charge on any atom is -0.496 e. The number of piperazine rings is 1. The fourth-order valence-corrected chi connectivity index (χ4v) is 2.97. The Bertz CT molecular complexity index is 784. The van der Waals surface area contributed by atoms with Crippen LogP contribution >= 0.6 is 24.8 Å². The third kappa shape index (κ3) is 4.75. The van der Waals surface area contributed by atoms with Crippen molar-refractivity contribution in [2.75, 3.05) is 26.7 Å². The lowest BCUT2D eigenvalue weighted by Gasteiger charge is -2.37. The largest absolute Gasteiger partial charge is 0.496 e. The van der Waals surface area contributed by atoms with Gasteiger partial charge >= 0.3 is 5.69 Å². The molecule has 1 amide bonds. The van der Waals surface area contributed by atoms with Crippen LogP contribution in [-0.2, 0) is 11.3 Å². The van der Waals surface area contributed by atoms with Gasteiger partial charge in [-0.1, -0.05) is 18.2 Å². The summed E-state index contributed by atoms with van der Waals surface area (Å²) < 4.78 is 6.76. The smallest absolute Gasteiger partial charge is 0.347 e. The number of amides is 1. The number of ether oxygens (including phenoxy) is 1. The maximum atomic E-state index is 12.8. The van der Waals surface area contributed by atoms with E-state index >= 15 is 0 Å². The summed E-state index contributed by atoms with van der Waals surface area (Å²) in [5, 5.41) is 3.31. The maximum absolute atomic E-state index is 12.8. The van der Waals surface area contributed by atoms with Crippen LogP contribution in [0.5, 0.6) is 5.75 Å². The molecule has 2 heterocycles. The highest BCUT2D eigenvalue weighted by Crippen LogP contribution is 2.30. The molecule has 142 valence electrons. The third-order valence-electron chi connectivity index (χ3n) is 4.15. The zero-order valence-corrected chi connectivity index (χ0v) is 16.0. The minimum atomic E-state index is -0.421. The Morgan fingerprint density at radius 3 is 2.81 bits per heavy atom. The Hall–Kier alpha value is -2.09. The second-order valence-electron chi connectivity index (χ2n) is 5.58. The van der Waals surface area contributed by atoms with E-state index in [1.807, 2.05) is 24.3 Å². The molecular formula is C17H22Cl2N4O3. The predicted molar refractivity (Wildman–Crippen MR) is 103 cm³/mol. The SMILES string of the molecule is COc1ccccc1C1CNCCN1C(=O)Cn1cccnc1=O.Cl.Cl. The zero-order chi connectivity index (χ0) is 16.9. The molecule has 0 spiro atoms. The average molecular weight is 401 g/mol. The number of benzene rings is 1. The highest BCUT2D eigenvalue weighted by atomic mass is 35.5. The summed E-state index contributed by atoms with van der Waals surface area (Å²) in [7, 11) is 1.62. The van der Waals surface area contributed by atoms with Crippen LogP contribution in [0.4, 0.5) is 0 Å². The number of rotatable bonds is 4. The van der Waals surface area contributed by atoms with Crippen molar-refractivity contribution in [2.24, 2.45) is 0 Å². The molecule has 1 saturated heterocycles. The van der Waals surface area contributed by atoms with Gasteiger partial charge < -0.3 is 15.0 Å². The van der Waals surface area contributed by atoms with E-state index in [0.717, 1.165) is 17.9 Å². The standard InChI is InChI=1S/C17H20N4O3.2ClH/c1-24-15-6-3-2-5-13(15)14-11-18-8-10-21(14)16(22)12-20-9-4-7-19-17(20)23;;/h2-7,9,14,18H,8,10-12H2,1H3;2*1H. The number of hydrogen-bond donors (Lipinski definition) is 1. The van der Waals surface area contributed by atoms with Crippen LogP contribution in [0.25, 0.3) is 0 Å². The molecule has 3 rings (SSSR count). The van der Waals surface area contributed by atoms with E-state index < -0.39 is 5.69 Å². The van der Waals surface area contributed by atoms with E-state index in [1.165, 1.54) is 10.8 Å². The summed E-state index contributed by atoms with van der Waals surface area (Å²) >= 11 is 0. The fraction of sp³-hybridized carbons (Fsp3) is 0.353. The van der Waals surface area contributed by atoms with Crippen molar-refractivity contribution in [3.8, 4) is 5.75 Å². The lowest BCUT2D eigenvalue weighted by molar-refractivity contribution is -0.135. The number of methoxy groups -OCH3 is 1. The van der Waals surface area contributed by atoms with Crippen molar-refractivity contribution in [1.29, 1.82) is 0 Å². The molecule has 2 aromatic rings. The monoisotopic (exact) mass is 400 g/mol. The van der Waals surface area contributed by atoms with Crippen molar-refractivity contribution in [3.05, 3.63) is 58.8 Å². The van der Waals surface area contributed by atoms with Crippen molar-refractivity contribution < 1.29 is 9.53 Å². The van der Waals surface area contributed by atoms with E-state index in [1.54, 1.807) is 24.3 Å². The van der Waals surface area contributed by atoms with Gasteiger partial charge in [-0.3, -0.25) is 9.36 Å². The number of halogens is 2. The van der Waals surface area contributed by atoms with Crippen LogP contribution < -0.4 is 15.7 Å². The Morgan fingerprint density at radius 2 is 2.08 bits per heavy atom. The van der Waals surface area contributed by atoms with E-state index in [2.05, 4.69) is 10.3 Å². The highest BCUT2D eigenvalue weighted by Gasteiger charge is 2.29. The van der Waals surface area contributed by atoms with Crippen LogP contribution in [0, 0.1) is 0 Å². The summed E-state index contributed by atoms with van der Waals surface area (Å²) in [6.07, 6.45) is 3.00. The van der Waals surface area contributed by atoms with Gasteiger partial charge in [-0.05, 0) is 12.1 Å². The van der Waals surface area contributed by atoms with Crippen LogP contribution in [0.1, 0.15) is 11.6 Å². The molecule has 1 unspecified atom stereocenters. The topological polar surface area (TPSA) is 76.5 Å². The maximum Gasteiger partial charge on any atom is 0.347 e. The summed E-state index contributed by atoms with van der Waals surface area (Å²) in [6.45, 7) is 1.93. The van der Waals surface area contributed by atoms with Crippen LogP contribution in [-0.4, -0.2) is 47.1 Å². The van der Waals surface area contributed by atoms with Gasteiger partial charge in [-0.15, -0.1) is 24.8 Å². The summed E-state index contributed by atoms with van der Waals surface area (Å²) in [6, 6.07) is 9.20. The van der Waals surface area contributed by atoms with Crippen molar-refractivity contribution in [1.82, 2.24) is 19.8 Å². The average Bonchev–Trinajstić information content (AvgIpc) is 2.63. The third-order valence-corrected chi connectivity index (χ3v) is 4.15. The normalized spacial score (nSPS) is 16.2. The molecular weight excluding hydrogens is 379 g/mol. The molecule has 0 bridgehead atoms. The number of para-hydroxylation sites is 1. The van der Waals surface area contributed by atoms with Crippen LogP contribution in [0.15, 0.2) is 47.5 Å². The van der Waals surface area contributed by atoms with Gasteiger partial charge in [0.2, 0.25) is 5.91 Å². The Labute approximate surface area is 164 Å². The van der Waals surface area contributed by atoms with Gasteiger partial charge in [0.1, 0.15) is 12.3 Å². The van der Waals surface area contributed by atoms with Crippen molar-refractivity contribution >= 4 is 30.7 Å². The van der Waals surface area contributed by atoms with E-state index in [4.69, 9.17) is 4.74 Å². The number of aromatic nitrogens is 2. The molecule has 1 atom stereocenters. The quantitative estimate of drug-likeness (QED) is 0.835.